The lowest BCUT2D eigenvalue weighted by Gasteiger charge is -2.18. The van der Waals surface area contributed by atoms with Crippen LogP contribution in [0.15, 0.2) is 48.5 Å². The minimum atomic E-state index is -0.208. The summed E-state index contributed by atoms with van der Waals surface area (Å²) in [6.07, 6.45) is 0. The van der Waals surface area contributed by atoms with E-state index in [9.17, 15) is 4.79 Å². The Morgan fingerprint density at radius 3 is 2.67 bits per heavy atom. The summed E-state index contributed by atoms with van der Waals surface area (Å²) in [4.78, 5) is 13.9. The van der Waals surface area contributed by atoms with E-state index in [0.717, 1.165) is 5.69 Å². The van der Waals surface area contributed by atoms with E-state index in [4.69, 9.17) is 16.9 Å². The van der Waals surface area contributed by atoms with E-state index in [-0.39, 0.29) is 12.5 Å². The topological polar surface area (TPSA) is 56.1 Å². The van der Waals surface area contributed by atoms with Crippen LogP contribution in [0, 0.1) is 11.3 Å². The molecule has 4 nitrogen and oxygen atoms in total. The fourth-order valence-corrected chi connectivity index (χ4v) is 2.07. The quantitative estimate of drug-likeness (QED) is 0.942. The smallest absolute Gasteiger partial charge is 0.243 e. The van der Waals surface area contributed by atoms with Crippen LogP contribution in [0.4, 0.5) is 11.4 Å². The molecular formula is C16H14ClN3O. The Labute approximate surface area is 128 Å². The third-order valence-corrected chi connectivity index (χ3v) is 3.19. The van der Waals surface area contributed by atoms with Crippen LogP contribution in [0.25, 0.3) is 0 Å². The first-order valence-corrected chi connectivity index (χ1v) is 6.73. The van der Waals surface area contributed by atoms with Crippen molar-refractivity contribution in [3.63, 3.8) is 0 Å². The molecule has 0 saturated carbocycles. The van der Waals surface area contributed by atoms with E-state index in [2.05, 4.69) is 5.32 Å². The number of amides is 1. The summed E-state index contributed by atoms with van der Waals surface area (Å²) in [6.45, 7) is 0.182. The molecule has 0 bridgehead atoms. The Kier molecular flexibility index (Phi) is 4.81. The van der Waals surface area contributed by atoms with Crippen LogP contribution >= 0.6 is 11.6 Å². The van der Waals surface area contributed by atoms with Gasteiger partial charge < -0.3 is 10.2 Å². The lowest BCUT2D eigenvalue weighted by atomic mass is 10.2. The summed E-state index contributed by atoms with van der Waals surface area (Å²) in [5.41, 5.74) is 1.76. The number of benzene rings is 2. The number of likely N-dealkylation sites (N-methyl/N-ethyl adjacent to an activating group) is 1. The molecule has 5 heteroatoms. The molecule has 0 aromatic heterocycles. The largest absolute Gasteiger partial charge is 0.365 e. The van der Waals surface area contributed by atoms with Gasteiger partial charge in [-0.3, -0.25) is 4.79 Å². The Morgan fingerprint density at radius 1 is 1.29 bits per heavy atom. The third kappa shape index (κ3) is 3.98. The summed E-state index contributed by atoms with van der Waals surface area (Å²) in [7, 11) is 1.83. The average Bonchev–Trinajstić information content (AvgIpc) is 2.48. The number of nitriles is 1. The molecule has 0 fully saturated rings. The Bertz CT molecular complexity index is 680. The first-order chi connectivity index (χ1) is 10.1. The highest BCUT2D eigenvalue weighted by molar-refractivity contribution is 6.31. The maximum atomic E-state index is 12.1. The number of hydrogen-bond donors (Lipinski definition) is 1. The molecule has 0 aliphatic carbocycles. The van der Waals surface area contributed by atoms with Gasteiger partial charge in [0.25, 0.3) is 0 Å². The molecular weight excluding hydrogens is 286 g/mol. The monoisotopic (exact) mass is 299 g/mol. The van der Waals surface area contributed by atoms with Crippen molar-refractivity contribution in [2.45, 2.75) is 0 Å². The number of carbonyl (C=O) groups is 1. The minimum absolute atomic E-state index is 0.182. The van der Waals surface area contributed by atoms with Crippen LogP contribution in [-0.2, 0) is 4.79 Å². The second-order valence-corrected chi connectivity index (χ2v) is 4.98. The van der Waals surface area contributed by atoms with Gasteiger partial charge in [0.1, 0.15) is 6.07 Å². The second-order valence-electron chi connectivity index (χ2n) is 4.54. The molecule has 0 heterocycles. The Morgan fingerprint density at radius 2 is 2.00 bits per heavy atom. The summed E-state index contributed by atoms with van der Waals surface area (Å²) in [5, 5.41) is 12.2. The van der Waals surface area contributed by atoms with Gasteiger partial charge in [0.2, 0.25) is 5.91 Å². The van der Waals surface area contributed by atoms with Gasteiger partial charge in [-0.1, -0.05) is 29.8 Å². The van der Waals surface area contributed by atoms with Crippen molar-refractivity contribution >= 4 is 28.9 Å². The Hall–Kier alpha value is -2.51. The molecule has 2 aromatic carbocycles. The van der Waals surface area contributed by atoms with E-state index in [0.29, 0.717) is 16.3 Å². The van der Waals surface area contributed by atoms with Gasteiger partial charge in [0.15, 0.2) is 0 Å². The van der Waals surface area contributed by atoms with Crippen molar-refractivity contribution < 1.29 is 4.79 Å². The lowest BCUT2D eigenvalue weighted by Crippen LogP contribution is -2.30. The Balaban J connectivity index is 2.06. The number of nitrogens with one attached hydrogen (secondary N) is 1. The first-order valence-electron chi connectivity index (χ1n) is 6.36. The van der Waals surface area contributed by atoms with E-state index < -0.39 is 0 Å². The van der Waals surface area contributed by atoms with Gasteiger partial charge in [-0.2, -0.15) is 5.26 Å². The zero-order valence-corrected chi connectivity index (χ0v) is 12.3. The molecule has 0 unspecified atom stereocenters. The van der Waals surface area contributed by atoms with Gasteiger partial charge in [-0.05, 0) is 30.3 Å². The zero-order valence-electron chi connectivity index (χ0n) is 11.5. The molecule has 2 rings (SSSR count). The SMILES string of the molecule is CN(CC(=O)Nc1cc(Cl)ccc1C#N)c1ccccc1. The zero-order chi connectivity index (χ0) is 15.2. The van der Waals surface area contributed by atoms with E-state index in [1.165, 1.54) is 0 Å². The van der Waals surface area contributed by atoms with Crippen molar-refractivity contribution in [3.05, 3.63) is 59.1 Å². The fourth-order valence-electron chi connectivity index (χ4n) is 1.90. The molecule has 1 N–H and O–H groups in total. The van der Waals surface area contributed by atoms with Gasteiger partial charge in [-0.25, -0.2) is 0 Å². The number of para-hydroxylation sites is 1. The second kappa shape index (κ2) is 6.78. The van der Waals surface area contributed by atoms with Crippen molar-refractivity contribution in [1.82, 2.24) is 0 Å². The number of rotatable bonds is 4. The molecule has 21 heavy (non-hydrogen) atoms. The molecule has 106 valence electrons. The summed E-state index contributed by atoms with van der Waals surface area (Å²) in [5.74, 6) is -0.208. The number of halogens is 1. The third-order valence-electron chi connectivity index (χ3n) is 2.95. The van der Waals surface area contributed by atoms with Crippen LogP contribution in [0.5, 0.6) is 0 Å². The van der Waals surface area contributed by atoms with Crippen LogP contribution in [0.2, 0.25) is 5.02 Å². The minimum Gasteiger partial charge on any atom is -0.365 e. The molecule has 0 aliphatic heterocycles. The summed E-state index contributed by atoms with van der Waals surface area (Å²) in [6, 6.07) is 16.4. The van der Waals surface area contributed by atoms with E-state index in [1.807, 2.05) is 48.3 Å². The summed E-state index contributed by atoms with van der Waals surface area (Å²) < 4.78 is 0. The van der Waals surface area contributed by atoms with Gasteiger partial charge in [0.05, 0.1) is 17.8 Å². The molecule has 0 spiro atoms. The molecule has 0 saturated heterocycles. The van der Waals surface area contributed by atoms with Crippen molar-refractivity contribution in [2.75, 3.05) is 23.8 Å². The van der Waals surface area contributed by atoms with Crippen LogP contribution in [0.1, 0.15) is 5.56 Å². The van der Waals surface area contributed by atoms with Crippen LogP contribution in [-0.4, -0.2) is 19.5 Å². The summed E-state index contributed by atoms with van der Waals surface area (Å²) >= 11 is 5.89. The van der Waals surface area contributed by atoms with Gasteiger partial charge >= 0.3 is 0 Å². The predicted octanol–water partition coefficient (Wildman–Crippen LogP) is 3.29. The first kappa shape index (κ1) is 14.9. The number of anilines is 2. The van der Waals surface area contributed by atoms with Crippen molar-refractivity contribution in [3.8, 4) is 6.07 Å². The van der Waals surface area contributed by atoms with Crippen LogP contribution in [0.3, 0.4) is 0 Å². The number of nitrogens with zero attached hydrogens (tertiary/aromatic N) is 2. The lowest BCUT2D eigenvalue weighted by molar-refractivity contribution is -0.114. The van der Waals surface area contributed by atoms with E-state index >= 15 is 0 Å². The highest BCUT2D eigenvalue weighted by Gasteiger charge is 2.10. The highest BCUT2D eigenvalue weighted by Crippen LogP contribution is 2.20. The predicted molar refractivity (Wildman–Crippen MR) is 84.5 cm³/mol. The van der Waals surface area contributed by atoms with Crippen molar-refractivity contribution in [1.29, 1.82) is 5.26 Å². The van der Waals surface area contributed by atoms with Gasteiger partial charge in [-0.15, -0.1) is 0 Å². The number of hydrogen-bond acceptors (Lipinski definition) is 3. The average molecular weight is 300 g/mol. The normalized spacial score (nSPS) is 9.76. The van der Waals surface area contributed by atoms with Gasteiger partial charge in [0, 0.05) is 17.8 Å². The molecule has 2 aromatic rings. The molecule has 1 amide bonds. The molecule has 0 radical (unpaired) electrons. The molecule has 0 atom stereocenters. The van der Waals surface area contributed by atoms with E-state index in [1.54, 1.807) is 18.2 Å². The van der Waals surface area contributed by atoms with Crippen molar-refractivity contribution in [2.24, 2.45) is 0 Å². The maximum Gasteiger partial charge on any atom is 0.243 e. The number of carbonyl (C=O) groups excluding carboxylic acids is 1. The highest BCUT2D eigenvalue weighted by atomic mass is 35.5. The maximum absolute atomic E-state index is 12.1. The fraction of sp³-hybridized carbons (Fsp3) is 0.125. The molecule has 0 aliphatic rings. The standard InChI is InChI=1S/C16H14ClN3O/c1-20(14-5-3-2-4-6-14)11-16(21)19-15-9-13(17)8-7-12(15)10-18/h2-9H,11H2,1H3,(H,19,21). The van der Waals surface area contributed by atoms with Crippen LogP contribution < -0.4 is 10.2 Å².